The van der Waals surface area contributed by atoms with Crippen LogP contribution in [0.4, 0.5) is 0 Å². The molecule has 0 saturated heterocycles. The maximum atomic E-state index is 4.95. The lowest BCUT2D eigenvalue weighted by atomic mass is 10.4. The topological polar surface area (TPSA) is 21.3 Å². The minimum atomic E-state index is 0.781. The number of hydrogen-bond acceptors (Lipinski definition) is 3. The molecule has 0 aliphatic carbocycles. The minimum absolute atomic E-state index is 0.781. The van der Waals surface area contributed by atoms with Crippen molar-refractivity contribution in [3.05, 3.63) is 28.7 Å². The summed E-state index contributed by atoms with van der Waals surface area (Å²) in [5.74, 6) is 1.09. The lowest BCUT2D eigenvalue weighted by molar-refractivity contribution is 0.200. The Bertz CT molecular complexity index is 266. The highest BCUT2D eigenvalue weighted by molar-refractivity contribution is 9.10. The van der Waals surface area contributed by atoms with Crippen molar-refractivity contribution in [2.45, 2.75) is 4.90 Å². The van der Waals surface area contributed by atoms with E-state index in [1.54, 1.807) is 7.11 Å². The third-order valence-electron chi connectivity index (χ3n) is 1.84. The molecule has 0 aliphatic rings. The highest BCUT2D eigenvalue weighted by Gasteiger charge is 1.93. The van der Waals surface area contributed by atoms with Crippen LogP contribution < -0.4 is 5.32 Å². The van der Waals surface area contributed by atoms with Gasteiger partial charge in [0.1, 0.15) is 0 Å². The second-order valence-electron chi connectivity index (χ2n) is 3.05. The van der Waals surface area contributed by atoms with Gasteiger partial charge in [-0.25, -0.2) is 0 Å². The Morgan fingerprint density at radius 2 is 2.00 bits per heavy atom. The van der Waals surface area contributed by atoms with E-state index in [2.05, 4.69) is 45.5 Å². The van der Waals surface area contributed by atoms with Crippen LogP contribution >= 0.6 is 27.7 Å². The number of hydrogen-bond donors (Lipinski definition) is 1. The zero-order chi connectivity index (χ0) is 10.9. The highest BCUT2D eigenvalue weighted by atomic mass is 79.9. The fraction of sp³-hybridized carbons (Fsp3) is 0.455. The fourth-order valence-electron chi connectivity index (χ4n) is 1.07. The van der Waals surface area contributed by atoms with Crippen LogP contribution in [0.5, 0.6) is 0 Å². The summed E-state index contributed by atoms with van der Waals surface area (Å²) in [5, 5.41) is 3.31. The molecule has 0 radical (unpaired) electrons. The van der Waals surface area contributed by atoms with Crippen LogP contribution in [0.1, 0.15) is 0 Å². The van der Waals surface area contributed by atoms with E-state index < -0.39 is 0 Å². The van der Waals surface area contributed by atoms with Gasteiger partial charge >= 0.3 is 0 Å². The Morgan fingerprint density at radius 1 is 1.27 bits per heavy atom. The van der Waals surface area contributed by atoms with E-state index in [1.807, 2.05) is 11.8 Å². The Labute approximate surface area is 104 Å². The SMILES string of the molecule is COCCNCCSc1ccc(Br)cc1. The number of thioether (sulfide) groups is 1. The predicted molar refractivity (Wildman–Crippen MR) is 69.6 cm³/mol. The smallest absolute Gasteiger partial charge is 0.0587 e. The average Bonchev–Trinajstić information content (AvgIpc) is 2.26. The molecule has 0 saturated carbocycles. The molecule has 0 bridgehead atoms. The van der Waals surface area contributed by atoms with E-state index in [4.69, 9.17) is 4.74 Å². The zero-order valence-electron chi connectivity index (χ0n) is 8.83. The van der Waals surface area contributed by atoms with Gasteiger partial charge in [-0.2, -0.15) is 0 Å². The van der Waals surface area contributed by atoms with Gasteiger partial charge in [-0.15, -0.1) is 11.8 Å². The Balaban J connectivity index is 2.07. The van der Waals surface area contributed by atoms with Gasteiger partial charge in [0.2, 0.25) is 0 Å². The van der Waals surface area contributed by atoms with Crippen LogP contribution in [0.2, 0.25) is 0 Å². The molecule has 84 valence electrons. The van der Waals surface area contributed by atoms with Crippen LogP contribution in [0.3, 0.4) is 0 Å². The van der Waals surface area contributed by atoms with Crippen LogP contribution in [0.15, 0.2) is 33.6 Å². The lowest BCUT2D eigenvalue weighted by Gasteiger charge is -2.04. The number of rotatable bonds is 7. The first kappa shape index (κ1) is 13.0. The fourth-order valence-corrected chi connectivity index (χ4v) is 2.15. The van der Waals surface area contributed by atoms with Gasteiger partial charge in [0.25, 0.3) is 0 Å². The number of nitrogens with one attached hydrogen (secondary N) is 1. The van der Waals surface area contributed by atoms with Crippen molar-refractivity contribution in [3.63, 3.8) is 0 Å². The molecule has 15 heavy (non-hydrogen) atoms. The second-order valence-corrected chi connectivity index (χ2v) is 5.13. The number of ether oxygens (including phenoxy) is 1. The molecule has 0 amide bonds. The highest BCUT2D eigenvalue weighted by Crippen LogP contribution is 2.19. The van der Waals surface area contributed by atoms with Crippen molar-refractivity contribution in [1.82, 2.24) is 5.32 Å². The molecule has 0 atom stereocenters. The second kappa shape index (κ2) is 8.16. The molecule has 0 aromatic heterocycles. The number of halogens is 1. The average molecular weight is 290 g/mol. The third-order valence-corrected chi connectivity index (χ3v) is 3.39. The van der Waals surface area contributed by atoms with Gasteiger partial charge < -0.3 is 10.1 Å². The van der Waals surface area contributed by atoms with Crippen LogP contribution in [-0.4, -0.2) is 32.6 Å². The van der Waals surface area contributed by atoms with E-state index in [-0.39, 0.29) is 0 Å². The number of benzene rings is 1. The van der Waals surface area contributed by atoms with Gasteiger partial charge in [-0.1, -0.05) is 15.9 Å². The van der Waals surface area contributed by atoms with Crippen molar-refractivity contribution in [2.24, 2.45) is 0 Å². The van der Waals surface area contributed by atoms with Gasteiger partial charge in [0.15, 0.2) is 0 Å². The molecule has 0 heterocycles. The first-order valence-corrected chi connectivity index (χ1v) is 6.69. The maximum absolute atomic E-state index is 4.95. The summed E-state index contributed by atoms with van der Waals surface area (Å²) < 4.78 is 6.08. The first-order chi connectivity index (χ1) is 7.33. The Hall–Kier alpha value is -0.0300. The molecule has 0 unspecified atom stereocenters. The maximum Gasteiger partial charge on any atom is 0.0587 e. The molecule has 0 fully saturated rings. The summed E-state index contributed by atoms with van der Waals surface area (Å²) >= 11 is 5.28. The van der Waals surface area contributed by atoms with E-state index in [0.717, 1.165) is 29.9 Å². The summed E-state index contributed by atoms with van der Waals surface area (Å²) in [6.45, 7) is 2.73. The zero-order valence-corrected chi connectivity index (χ0v) is 11.2. The first-order valence-electron chi connectivity index (χ1n) is 4.91. The molecule has 1 rings (SSSR count). The monoisotopic (exact) mass is 289 g/mol. The predicted octanol–water partition coefficient (Wildman–Crippen LogP) is 2.78. The third kappa shape index (κ3) is 6.20. The van der Waals surface area contributed by atoms with E-state index in [0.29, 0.717) is 0 Å². The van der Waals surface area contributed by atoms with E-state index >= 15 is 0 Å². The molecular formula is C11H16BrNOS. The summed E-state index contributed by atoms with van der Waals surface area (Å²) in [7, 11) is 1.72. The van der Waals surface area contributed by atoms with Crippen molar-refractivity contribution < 1.29 is 4.74 Å². The largest absolute Gasteiger partial charge is 0.383 e. The van der Waals surface area contributed by atoms with E-state index in [9.17, 15) is 0 Å². The Morgan fingerprint density at radius 3 is 2.67 bits per heavy atom. The molecule has 2 nitrogen and oxygen atoms in total. The molecule has 1 aromatic carbocycles. The van der Waals surface area contributed by atoms with Crippen molar-refractivity contribution in [1.29, 1.82) is 0 Å². The number of methoxy groups -OCH3 is 1. The molecule has 0 aliphatic heterocycles. The molecule has 1 N–H and O–H groups in total. The van der Waals surface area contributed by atoms with Gasteiger partial charge in [-0.05, 0) is 24.3 Å². The summed E-state index contributed by atoms with van der Waals surface area (Å²) in [6.07, 6.45) is 0. The van der Waals surface area contributed by atoms with Crippen LogP contribution in [-0.2, 0) is 4.74 Å². The normalized spacial score (nSPS) is 10.5. The lowest BCUT2D eigenvalue weighted by Crippen LogP contribution is -2.21. The molecule has 1 aromatic rings. The van der Waals surface area contributed by atoms with Crippen molar-refractivity contribution in [3.8, 4) is 0 Å². The van der Waals surface area contributed by atoms with Crippen molar-refractivity contribution in [2.75, 3.05) is 32.6 Å². The van der Waals surface area contributed by atoms with Crippen LogP contribution in [0.25, 0.3) is 0 Å². The summed E-state index contributed by atoms with van der Waals surface area (Å²) in [4.78, 5) is 1.31. The van der Waals surface area contributed by atoms with Gasteiger partial charge in [0.05, 0.1) is 6.61 Å². The van der Waals surface area contributed by atoms with Gasteiger partial charge in [0, 0.05) is 35.3 Å². The standard InChI is InChI=1S/C11H16BrNOS/c1-14-8-6-13-7-9-15-11-4-2-10(12)3-5-11/h2-5,13H,6-9H2,1H3. The molecule has 4 heteroatoms. The van der Waals surface area contributed by atoms with Crippen LogP contribution in [0, 0.1) is 0 Å². The van der Waals surface area contributed by atoms with Gasteiger partial charge in [-0.3, -0.25) is 0 Å². The molecule has 0 spiro atoms. The minimum Gasteiger partial charge on any atom is -0.383 e. The Kier molecular flexibility index (Phi) is 7.09. The van der Waals surface area contributed by atoms with Crippen molar-refractivity contribution >= 4 is 27.7 Å². The summed E-state index contributed by atoms with van der Waals surface area (Å²) in [6, 6.07) is 8.40. The quantitative estimate of drug-likeness (QED) is 0.616. The summed E-state index contributed by atoms with van der Waals surface area (Å²) in [5.41, 5.74) is 0. The molecular weight excluding hydrogens is 274 g/mol. The van der Waals surface area contributed by atoms with E-state index in [1.165, 1.54) is 4.90 Å².